The second kappa shape index (κ2) is 6.27. The molecule has 0 amide bonds. The number of hydrogen-bond acceptors (Lipinski definition) is 5. The molecule has 1 saturated heterocycles. The summed E-state index contributed by atoms with van der Waals surface area (Å²) in [5.41, 5.74) is -0.0564. The van der Waals surface area contributed by atoms with Crippen LogP contribution in [0.5, 0.6) is 0 Å². The van der Waals surface area contributed by atoms with Gasteiger partial charge < -0.3 is 9.97 Å². The number of halogens is 3. The van der Waals surface area contributed by atoms with E-state index < -0.39 is 11.9 Å². The first-order chi connectivity index (χ1) is 12.4. The Bertz CT molecular complexity index is 901. The zero-order valence-electron chi connectivity index (χ0n) is 14.1. The summed E-state index contributed by atoms with van der Waals surface area (Å²) in [4.78, 5) is 18.0. The number of fused-ring (bicyclic) bond motifs is 1. The van der Waals surface area contributed by atoms with E-state index in [-0.39, 0.29) is 5.92 Å². The number of nitrogens with zero attached hydrogens (tertiary/aromatic N) is 5. The molecule has 1 atom stereocenters. The van der Waals surface area contributed by atoms with Crippen LogP contribution in [0.3, 0.4) is 0 Å². The Labute approximate surface area is 147 Å². The minimum absolute atomic E-state index is 0.0918. The molecular weight excluding hydrogens is 347 g/mol. The summed E-state index contributed by atoms with van der Waals surface area (Å²) >= 11 is 0. The molecule has 10 heteroatoms. The van der Waals surface area contributed by atoms with Gasteiger partial charge in [-0.15, -0.1) is 0 Å². The summed E-state index contributed by atoms with van der Waals surface area (Å²) in [5, 5.41) is 4.92. The van der Waals surface area contributed by atoms with E-state index in [4.69, 9.17) is 0 Å². The maximum atomic E-state index is 12.8. The second-order valence-corrected chi connectivity index (χ2v) is 6.39. The maximum absolute atomic E-state index is 12.8. The molecule has 4 heterocycles. The maximum Gasteiger partial charge on any atom is 0.432 e. The Morgan fingerprint density at radius 3 is 2.88 bits per heavy atom. The predicted molar refractivity (Wildman–Crippen MR) is 89.4 cm³/mol. The molecule has 4 rings (SSSR count). The van der Waals surface area contributed by atoms with Crippen molar-refractivity contribution in [2.75, 3.05) is 25.1 Å². The summed E-state index contributed by atoms with van der Waals surface area (Å²) < 4.78 is 38.4. The fraction of sp³-hybridized carbons (Fsp3) is 0.438. The molecule has 0 radical (unpaired) electrons. The fourth-order valence-electron chi connectivity index (χ4n) is 3.39. The van der Waals surface area contributed by atoms with Crippen LogP contribution in [-0.2, 0) is 6.18 Å². The lowest BCUT2D eigenvalue weighted by atomic mass is 9.98. The number of piperidine rings is 1. The van der Waals surface area contributed by atoms with Gasteiger partial charge in [0.1, 0.15) is 23.5 Å². The Balaban J connectivity index is 1.55. The molecular formula is C16H18F3N7. The number of anilines is 1. The van der Waals surface area contributed by atoms with Crippen molar-refractivity contribution in [3.05, 3.63) is 36.3 Å². The van der Waals surface area contributed by atoms with Crippen LogP contribution in [0.2, 0.25) is 0 Å². The molecule has 1 aliphatic rings. The molecule has 0 aromatic carbocycles. The van der Waals surface area contributed by atoms with E-state index in [9.17, 15) is 13.2 Å². The van der Waals surface area contributed by atoms with E-state index in [1.165, 1.54) is 6.33 Å². The van der Waals surface area contributed by atoms with Crippen LogP contribution in [0.15, 0.2) is 24.8 Å². The van der Waals surface area contributed by atoms with Crippen molar-refractivity contribution in [1.82, 2.24) is 29.9 Å². The first kappa shape index (κ1) is 16.8. The molecule has 1 aliphatic heterocycles. The van der Waals surface area contributed by atoms with Crippen LogP contribution >= 0.6 is 0 Å². The second-order valence-electron chi connectivity index (χ2n) is 6.39. The van der Waals surface area contributed by atoms with Gasteiger partial charge in [0.2, 0.25) is 0 Å². The van der Waals surface area contributed by atoms with E-state index in [0.29, 0.717) is 12.4 Å². The van der Waals surface area contributed by atoms with Gasteiger partial charge in [0.05, 0.1) is 11.6 Å². The van der Waals surface area contributed by atoms with Crippen molar-refractivity contribution in [3.8, 4) is 0 Å². The van der Waals surface area contributed by atoms with E-state index in [2.05, 4.69) is 29.9 Å². The number of hydrogen-bond donors (Lipinski definition) is 2. The number of H-pyrrole nitrogens is 2. The summed E-state index contributed by atoms with van der Waals surface area (Å²) in [7, 11) is 1.90. The van der Waals surface area contributed by atoms with Gasteiger partial charge in [0.25, 0.3) is 0 Å². The lowest BCUT2D eigenvalue weighted by Gasteiger charge is -2.38. The number of nitrogens with one attached hydrogen (secondary N) is 2. The van der Waals surface area contributed by atoms with Gasteiger partial charge in [-0.3, -0.25) is 5.01 Å². The molecule has 26 heavy (non-hydrogen) atoms. The SMILES string of the molecule is CN(c1ncnc2[nH]ccc12)N1CCCC(c2ncc(C(F)(F)F)[nH]2)C1. The van der Waals surface area contributed by atoms with Gasteiger partial charge in [0.15, 0.2) is 5.82 Å². The van der Waals surface area contributed by atoms with Gasteiger partial charge in [-0.1, -0.05) is 0 Å². The highest BCUT2D eigenvalue weighted by molar-refractivity contribution is 5.86. The first-order valence-corrected chi connectivity index (χ1v) is 8.32. The molecule has 138 valence electrons. The Morgan fingerprint density at radius 1 is 1.27 bits per heavy atom. The van der Waals surface area contributed by atoms with Crippen LogP contribution in [-0.4, -0.2) is 50.1 Å². The molecule has 0 saturated carbocycles. The largest absolute Gasteiger partial charge is 0.432 e. The highest BCUT2D eigenvalue weighted by atomic mass is 19.4. The zero-order chi connectivity index (χ0) is 18.3. The predicted octanol–water partition coefficient (Wildman–Crippen LogP) is 2.93. The number of aromatic amines is 2. The van der Waals surface area contributed by atoms with Gasteiger partial charge in [0, 0.05) is 32.3 Å². The van der Waals surface area contributed by atoms with Gasteiger partial charge in [-0.05, 0) is 18.9 Å². The van der Waals surface area contributed by atoms with Crippen LogP contribution in [0, 0.1) is 0 Å². The highest BCUT2D eigenvalue weighted by Crippen LogP contribution is 2.32. The quantitative estimate of drug-likeness (QED) is 0.746. The van der Waals surface area contributed by atoms with E-state index >= 15 is 0 Å². The number of imidazole rings is 1. The van der Waals surface area contributed by atoms with E-state index in [1.54, 1.807) is 6.20 Å². The molecule has 0 spiro atoms. The van der Waals surface area contributed by atoms with Crippen molar-refractivity contribution < 1.29 is 13.2 Å². The number of hydrazine groups is 1. The van der Waals surface area contributed by atoms with Gasteiger partial charge >= 0.3 is 6.18 Å². The van der Waals surface area contributed by atoms with Crippen LogP contribution in [0.1, 0.15) is 30.3 Å². The smallest absolute Gasteiger partial charge is 0.346 e. The molecule has 0 aliphatic carbocycles. The Kier molecular flexibility index (Phi) is 4.06. The lowest BCUT2D eigenvalue weighted by Crippen LogP contribution is -2.46. The standard InChI is InChI=1S/C16H18F3N7/c1-25(15-11-4-5-20-14(11)22-9-23-15)26-6-2-3-10(8-26)13-21-7-12(24-13)16(17,18)19/h4-5,7,9-10H,2-3,6,8H2,1H3,(H,21,24)(H,20,22,23). The van der Waals surface area contributed by atoms with Crippen LogP contribution < -0.4 is 5.01 Å². The summed E-state index contributed by atoms with van der Waals surface area (Å²) in [6, 6.07) is 1.91. The van der Waals surface area contributed by atoms with Gasteiger partial charge in [-0.2, -0.15) is 13.2 Å². The highest BCUT2D eigenvalue weighted by Gasteiger charge is 2.35. The minimum Gasteiger partial charge on any atom is -0.346 e. The van der Waals surface area contributed by atoms with E-state index in [0.717, 1.165) is 42.4 Å². The molecule has 0 bridgehead atoms. The molecule has 3 aromatic rings. The Hall–Kier alpha value is -2.62. The van der Waals surface area contributed by atoms with Crippen molar-refractivity contribution >= 4 is 16.9 Å². The molecule has 3 aromatic heterocycles. The van der Waals surface area contributed by atoms with Gasteiger partial charge in [-0.25, -0.2) is 20.0 Å². The number of alkyl halides is 3. The average molecular weight is 365 g/mol. The van der Waals surface area contributed by atoms with Crippen molar-refractivity contribution in [2.24, 2.45) is 0 Å². The molecule has 1 fully saturated rings. The van der Waals surface area contributed by atoms with Crippen molar-refractivity contribution in [3.63, 3.8) is 0 Å². The number of rotatable bonds is 3. The molecule has 2 N–H and O–H groups in total. The third-order valence-electron chi connectivity index (χ3n) is 4.75. The zero-order valence-corrected chi connectivity index (χ0v) is 14.1. The average Bonchev–Trinajstić information content (AvgIpc) is 3.29. The van der Waals surface area contributed by atoms with Crippen LogP contribution in [0.4, 0.5) is 19.0 Å². The normalized spacial score (nSPS) is 19.2. The summed E-state index contributed by atoms with van der Waals surface area (Å²) in [6.45, 7) is 1.37. The molecule has 1 unspecified atom stereocenters. The summed E-state index contributed by atoms with van der Waals surface area (Å²) in [5.74, 6) is 1.04. The fourth-order valence-corrected chi connectivity index (χ4v) is 3.39. The van der Waals surface area contributed by atoms with E-state index in [1.807, 2.05) is 18.1 Å². The minimum atomic E-state index is -4.41. The number of aromatic nitrogens is 5. The topological polar surface area (TPSA) is 76.7 Å². The van der Waals surface area contributed by atoms with Crippen molar-refractivity contribution in [1.29, 1.82) is 0 Å². The monoisotopic (exact) mass is 365 g/mol. The molecule has 7 nitrogen and oxygen atoms in total. The first-order valence-electron chi connectivity index (χ1n) is 8.32. The van der Waals surface area contributed by atoms with Crippen molar-refractivity contribution in [2.45, 2.75) is 24.9 Å². The third-order valence-corrected chi connectivity index (χ3v) is 4.75. The van der Waals surface area contributed by atoms with Crippen LogP contribution in [0.25, 0.3) is 11.0 Å². The summed E-state index contributed by atoms with van der Waals surface area (Å²) in [6.07, 6.45) is 1.41. The lowest BCUT2D eigenvalue weighted by molar-refractivity contribution is -0.141. The third kappa shape index (κ3) is 3.00. The Morgan fingerprint density at radius 2 is 2.12 bits per heavy atom.